The van der Waals surface area contributed by atoms with Crippen LogP contribution in [0.25, 0.3) is 0 Å². The van der Waals surface area contributed by atoms with Gasteiger partial charge in [0.15, 0.2) is 0 Å². The van der Waals surface area contributed by atoms with Gasteiger partial charge in [-0.3, -0.25) is 9.59 Å². The van der Waals surface area contributed by atoms with Gasteiger partial charge in [-0.25, -0.2) is 4.79 Å². The molecule has 2 unspecified atom stereocenters. The molecule has 0 saturated heterocycles. The quantitative estimate of drug-likeness (QED) is 0.270. The SMILES string of the molecule is C=CCN(C(=O)C(Cc1ccccc1)NC(=O)OC(C)(C)C)C(C(=O)Nc1ccc(OC)cc1)c1ccc(C)cc1C. The van der Waals surface area contributed by atoms with Gasteiger partial charge < -0.3 is 25.0 Å². The summed E-state index contributed by atoms with van der Waals surface area (Å²) in [6.07, 6.45) is 1.05. The second-order valence-electron chi connectivity index (χ2n) is 11.1. The van der Waals surface area contributed by atoms with Crippen molar-refractivity contribution >= 4 is 23.6 Å². The average molecular weight is 572 g/mol. The lowest BCUT2D eigenvalue weighted by molar-refractivity contribution is -0.140. The minimum absolute atomic E-state index is 0.0636. The molecule has 42 heavy (non-hydrogen) atoms. The Morgan fingerprint density at radius 3 is 2.21 bits per heavy atom. The van der Waals surface area contributed by atoms with Crippen LogP contribution in [0.15, 0.2) is 85.5 Å². The Bertz CT molecular complexity index is 1380. The highest BCUT2D eigenvalue weighted by Crippen LogP contribution is 2.28. The van der Waals surface area contributed by atoms with Crippen molar-refractivity contribution in [1.82, 2.24) is 10.2 Å². The number of hydrogen-bond acceptors (Lipinski definition) is 5. The number of nitrogens with one attached hydrogen (secondary N) is 2. The van der Waals surface area contributed by atoms with Gasteiger partial charge in [-0.2, -0.15) is 0 Å². The number of rotatable bonds is 11. The highest BCUT2D eigenvalue weighted by Gasteiger charge is 2.36. The van der Waals surface area contributed by atoms with E-state index in [2.05, 4.69) is 17.2 Å². The van der Waals surface area contributed by atoms with E-state index in [1.807, 2.05) is 62.4 Å². The number of anilines is 1. The minimum Gasteiger partial charge on any atom is -0.497 e. The average Bonchev–Trinajstić information content (AvgIpc) is 2.93. The molecule has 3 amide bonds. The molecule has 0 aliphatic heterocycles. The third-order valence-electron chi connectivity index (χ3n) is 6.52. The molecule has 2 atom stereocenters. The lowest BCUT2D eigenvalue weighted by Gasteiger charge is -2.34. The van der Waals surface area contributed by atoms with Crippen LogP contribution in [0.4, 0.5) is 10.5 Å². The number of ether oxygens (including phenoxy) is 2. The van der Waals surface area contributed by atoms with E-state index in [0.29, 0.717) is 17.0 Å². The monoisotopic (exact) mass is 571 g/mol. The summed E-state index contributed by atoms with van der Waals surface area (Å²) in [6.45, 7) is 13.1. The minimum atomic E-state index is -1.02. The van der Waals surface area contributed by atoms with Crippen LogP contribution in [-0.2, 0) is 20.7 Å². The van der Waals surface area contributed by atoms with E-state index in [1.165, 1.54) is 4.90 Å². The lowest BCUT2D eigenvalue weighted by atomic mass is 9.95. The number of hydrogen-bond donors (Lipinski definition) is 2. The maximum Gasteiger partial charge on any atom is 0.408 e. The zero-order valence-electron chi connectivity index (χ0n) is 25.3. The summed E-state index contributed by atoms with van der Waals surface area (Å²) < 4.78 is 10.7. The van der Waals surface area contributed by atoms with Crippen molar-refractivity contribution in [3.63, 3.8) is 0 Å². The Labute approximate surface area is 248 Å². The van der Waals surface area contributed by atoms with Crippen LogP contribution in [0.1, 0.15) is 49.1 Å². The van der Waals surface area contributed by atoms with Crippen molar-refractivity contribution in [1.29, 1.82) is 0 Å². The molecule has 222 valence electrons. The number of methoxy groups -OCH3 is 1. The smallest absolute Gasteiger partial charge is 0.408 e. The Hall–Kier alpha value is -4.59. The molecule has 8 heteroatoms. The molecule has 3 aromatic rings. The van der Waals surface area contributed by atoms with Gasteiger partial charge in [0, 0.05) is 18.7 Å². The number of carbonyl (C=O) groups excluding carboxylic acids is 3. The molecule has 0 aliphatic rings. The molecule has 0 fully saturated rings. The van der Waals surface area contributed by atoms with E-state index < -0.39 is 35.6 Å². The molecule has 0 spiro atoms. The number of carbonyl (C=O) groups is 3. The zero-order valence-corrected chi connectivity index (χ0v) is 25.3. The highest BCUT2D eigenvalue weighted by molar-refractivity contribution is 5.99. The molecule has 0 radical (unpaired) electrons. The second-order valence-corrected chi connectivity index (χ2v) is 11.1. The topological polar surface area (TPSA) is 97.0 Å². The second kappa shape index (κ2) is 14.3. The van der Waals surface area contributed by atoms with Gasteiger partial charge in [0.1, 0.15) is 23.4 Å². The van der Waals surface area contributed by atoms with Gasteiger partial charge in [0.2, 0.25) is 5.91 Å². The lowest BCUT2D eigenvalue weighted by Crippen LogP contribution is -2.53. The summed E-state index contributed by atoms with van der Waals surface area (Å²) in [6, 6.07) is 20.1. The number of amides is 3. The van der Waals surface area contributed by atoms with Crippen molar-refractivity contribution in [2.75, 3.05) is 19.0 Å². The summed E-state index contributed by atoms with van der Waals surface area (Å²) in [5.74, 6) is -0.197. The van der Waals surface area contributed by atoms with Gasteiger partial charge in [-0.1, -0.05) is 60.2 Å². The van der Waals surface area contributed by atoms with Crippen LogP contribution in [0.5, 0.6) is 5.75 Å². The van der Waals surface area contributed by atoms with Crippen LogP contribution in [0.3, 0.4) is 0 Å². The Morgan fingerprint density at radius 2 is 1.64 bits per heavy atom. The van der Waals surface area contributed by atoms with E-state index >= 15 is 0 Å². The third kappa shape index (κ3) is 8.96. The van der Waals surface area contributed by atoms with Crippen molar-refractivity contribution < 1.29 is 23.9 Å². The summed E-state index contributed by atoms with van der Waals surface area (Å²) in [4.78, 5) is 42.8. The number of benzene rings is 3. The number of aryl methyl sites for hydroxylation is 2. The predicted octanol–water partition coefficient (Wildman–Crippen LogP) is 6.14. The van der Waals surface area contributed by atoms with Gasteiger partial charge in [-0.05, 0) is 75.6 Å². The fourth-order valence-corrected chi connectivity index (χ4v) is 4.63. The molecule has 0 heterocycles. The van der Waals surface area contributed by atoms with Crippen LogP contribution in [0.2, 0.25) is 0 Å². The first-order valence-corrected chi connectivity index (χ1v) is 13.9. The van der Waals surface area contributed by atoms with Crippen molar-refractivity contribution in [3.8, 4) is 5.75 Å². The van der Waals surface area contributed by atoms with E-state index in [0.717, 1.165) is 16.7 Å². The van der Waals surface area contributed by atoms with Gasteiger partial charge in [0.25, 0.3) is 5.91 Å². The largest absolute Gasteiger partial charge is 0.497 e. The van der Waals surface area contributed by atoms with Crippen molar-refractivity contribution in [3.05, 3.63) is 108 Å². The first-order chi connectivity index (χ1) is 19.9. The molecule has 2 N–H and O–H groups in total. The molecule has 0 aliphatic carbocycles. The first-order valence-electron chi connectivity index (χ1n) is 13.9. The van der Waals surface area contributed by atoms with Crippen LogP contribution in [-0.4, -0.2) is 48.1 Å². The molecule has 3 aromatic carbocycles. The fourth-order valence-electron chi connectivity index (χ4n) is 4.63. The maximum atomic E-state index is 14.4. The molecule has 0 bridgehead atoms. The highest BCUT2D eigenvalue weighted by atomic mass is 16.6. The Kier molecular flexibility index (Phi) is 10.9. The maximum absolute atomic E-state index is 14.4. The standard InChI is InChI=1S/C34H41N3O5/c1-8-20-37(32(39)29(22-25-12-10-9-11-13-25)36-33(40)42-34(4,5)6)30(28-19-14-23(2)21-24(28)3)31(38)35-26-15-17-27(41-7)18-16-26/h8-19,21,29-30H,1,20,22H2,2-7H3,(H,35,38)(H,36,40). The Balaban J connectivity index is 2.06. The normalized spacial score (nSPS) is 12.4. The third-order valence-corrected chi connectivity index (χ3v) is 6.52. The molecule has 0 saturated carbocycles. The van der Waals surface area contributed by atoms with Gasteiger partial charge in [0.05, 0.1) is 7.11 Å². The molecular formula is C34H41N3O5. The summed E-state index contributed by atoms with van der Waals surface area (Å²) in [5, 5.41) is 5.71. The van der Waals surface area contributed by atoms with Gasteiger partial charge in [-0.15, -0.1) is 6.58 Å². The van der Waals surface area contributed by atoms with Crippen LogP contribution >= 0.6 is 0 Å². The summed E-state index contributed by atoms with van der Waals surface area (Å²) in [7, 11) is 1.57. The van der Waals surface area contributed by atoms with E-state index in [9.17, 15) is 14.4 Å². The number of alkyl carbamates (subject to hydrolysis) is 1. The molecule has 3 rings (SSSR count). The zero-order chi connectivity index (χ0) is 30.9. The summed E-state index contributed by atoms with van der Waals surface area (Å²) >= 11 is 0. The van der Waals surface area contributed by atoms with E-state index in [-0.39, 0.29) is 13.0 Å². The van der Waals surface area contributed by atoms with Gasteiger partial charge >= 0.3 is 6.09 Å². The molecular weight excluding hydrogens is 530 g/mol. The van der Waals surface area contributed by atoms with Crippen LogP contribution in [0, 0.1) is 13.8 Å². The fraction of sp³-hybridized carbons (Fsp3) is 0.324. The van der Waals surface area contributed by atoms with E-state index in [4.69, 9.17) is 9.47 Å². The van der Waals surface area contributed by atoms with Crippen LogP contribution < -0.4 is 15.4 Å². The van der Waals surface area contributed by atoms with E-state index in [1.54, 1.807) is 58.2 Å². The predicted molar refractivity (Wildman–Crippen MR) is 165 cm³/mol. The molecule has 8 nitrogen and oxygen atoms in total. The number of nitrogens with zero attached hydrogens (tertiary/aromatic N) is 1. The first kappa shape index (κ1) is 31.9. The molecule has 0 aromatic heterocycles. The van der Waals surface area contributed by atoms with Crippen molar-refractivity contribution in [2.45, 2.75) is 58.7 Å². The summed E-state index contributed by atoms with van der Waals surface area (Å²) in [5.41, 5.74) is 3.18. The van der Waals surface area contributed by atoms with Crippen molar-refractivity contribution in [2.24, 2.45) is 0 Å². The Morgan fingerprint density at radius 1 is 0.976 bits per heavy atom.